The van der Waals surface area contributed by atoms with Crippen molar-refractivity contribution in [3.63, 3.8) is 0 Å². The lowest BCUT2D eigenvalue weighted by Gasteiger charge is -2.23. The number of nitrogens with one attached hydrogen (secondary N) is 2. The molecule has 0 radical (unpaired) electrons. The van der Waals surface area contributed by atoms with Gasteiger partial charge < -0.3 is 19.2 Å². The minimum absolute atomic E-state index is 0.0496. The number of hydrogen-bond donors (Lipinski definition) is 2. The van der Waals surface area contributed by atoms with Crippen LogP contribution in [0.3, 0.4) is 0 Å². The number of ether oxygens (including phenoxy) is 2. The van der Waals surface area contributed by atoms with Crippen LogP contribution < -0.4 is 15.7 Å². The molecule has 2 aromatic rings. The third-order valence-corrected chi connectivity index (χ3v) is 7.92. The molecule has 0 amide bonds. The summed E-state index contributed by atoms with van der Waals surface area (Å²) in [6, 6.07) is 16.4. The molecule has 3 aliphatic carbocycles. The molecule has 43 heavy (non-hydrogen) atoms. The fourth-order valence-corrected chi connectivity index (χ4v) is 5.31. The zero-order valence-corrected chi connectivity index (χ0v) is 24.7. The van der Waals surface area contributed by atoms with E-state index in [-0.39, 0.29) is 13.2 Å². The van der Waals surface area contributed by atoms with Crippen LogP contribution in [0.25, 0.3) is 33.4 Å². The quantitative estimate of drug-likeness (QED) is 0.0944. The maximum Gasteiger partial charge on any atom is 0.338 e. The van der Waals surface area contributed by atoms with Crippen LogP contribution in [0, 0.1) is 13.8 Å². The molecule has 0 saturated heterocycles. The maximum atomic E-state index is 13.4. The van der Waals surface area contributed by atoms with Crippen molar-refractivity contribution in [1.29, 1.82) is 0 Å². The van der Waals surface area contributed by atoms with Crippen molar-refractivity contribution in [2.75, 3.05) is 18.5 Å². The number of rotatable bonds is 9. The Morgan fingerprint density at radius 1 is 0.977 bits per heavy atom. The molecule has 0 spiro atoms. The van der Waals surface area contributed by atoms with E-state index in [1.165, 1.54) is 0 Å². The van der Waals surface area contributed by atoms with Gasteiger partial charge in [-0.3, -0.25) is 0 Å². The Kier molecular flexibility index (Phi) is 7.72. The van der Waals surface area contributed by atoms with Gasteiger partial charge in [-0.05, 0) is 62.6 Å². The molecule has 0 bridgehead atoms. The van der Waals surface area contributed by atoms with Crippen molar-refractivity contribution < 1.29 is 28.5 Å². The molecule has 218 valence electrons. The van der Waals surface area contributed by atoms with Gasteiger partial charge in [-0.15, -0.1) is 0 Å². The fourth-order valence-electron chi connectivity index (χ4n) is 5.31. The molecule has 2 atom stereocenters. The van der Waals surface area contributed by atoms with E-state index in [1.54, 1.807) is 13.0 Å². The number of anilines is 1. The Hall–Kier alpha value is -4.91. The fraction of sp³-hybridized carbons (Fsp3) is 0.250. The summed E-state index contributed by atoms with van der Waals surface area (Å²) in [6.45, 7) is 9.19. The first-order chi connectivity index (χ1) is 20.8. The lowest BCUT2D eigenvalue weighted by molar-refractivity contribution is -0.533. The van der Waals surface area contributed by atoms with Crippen LogP contribution in [-0.4, -0.2) is 37.2 Å². The van der Waals surface area contributed by atoms with E-state index >= 15 is 0 Å². The number of aryl methyl sites for hydroxylation is 2. The van der Waals surface area contributed by atoms with E-state index in [0.717, 1.165) is 57.1 Å². The van der Waals surface area contributed by atoms with E-state index in [0.29, 0.717) is 34.6 Å². The van der Waals surface area contributed by atoms with Gasteiger partial charge in [-0.2, -0.15) is 0 Å². The molecule has 2 N–H and O–H groups in total. The van der Waals surface area contributed by atoms with Gasteiger partial charge in [-0.25, -0.2) is 14.6 Å². The lowest BCUT2D eigenvalue weighted by atomic mass is 9.89. The van der Waals surface area contributed by atoms with Crippen LogP contribution in [0.5, 0.6) is 0 Å². The zero-order valence-electron chi connectivity index (χ0n) is 24.7. The first-order valence-electron chi connectivity index (χ1n) is 14.6. The van der Waals surface area contributed by atoms with Gasteiger partial charge in [0.05, 0.1) is 11.6 Å². The average Bonchev–Trinajstić information content (AvgIpc) is 2.94. The third-order valence-electron chi connectivity index (χ3n) is 7.92. The van der Waals surface area contributed by atoms with Crippen LogP contribution in [0.4, 0.5) is 5.69 Å². The summed E-state index contributed by atoms with van der Waals surface area (Å²) in [6.07, 6.45) is 10.6. The van der Waals surface area contributed by atoms with Gasteiger partial charge in [0, 0.05) is 51.9 Å². The van der Waals surface area contributed by atoms with Crippen molar-refractivity contribution >= 4 is 28.6 Å². The Balaban J connectivity index is 1.47. The predicted molar refractivity (Wildman–Crippen MR) is 167 cm³/mol. The van der Waals surface area contributed by atoms with Crippen LogP contribution in [0.2, 0.25) is 0 Å². The van der Waals surface area contributed by atoms with E-state index in [2.05, 4.69) is 79.3 Å². The van der Waals surface area contributed by atoms with Gasteiger partial charge in [0.25, 0.3) is 0 Å². The van der Waals surface area contributed by atoms with E-state index < -0.39 is 11.9 Å². The van der Waals surface area contributed by atoms with Crippen molar-refractivity contribution in [1.82, 2.24) is 0 Å². The highest BCUT2D eigenvalue weighted by molar-refractivity contribution is 6.08. The summed E-state index contributed by atoms with van der Waals surface area (Å²) in [5.74, 6) is -0.299. The van der Waals surface area contributed by atoms with Crippen LogP contribution in [-0.2, 0) is 14.3 Å². The number of carbonyl (C=O) groups excluding carboxylic acids is 2. The van der Waals surface area contributed by atoms with Gasteiger partial charge in [0.2, 0.25) is 5.36 Å². The van der Waals surface area contributed by atoms with Gasteiger partial charge in [0.1, 0.15) is 24.6 Å². The maximum absolute atomic E-state index is 13.4. The minimum atomic E-state index is -0.516. The molecular formula is C36H35N2O5+. The number of fused-ring (bicyclic) bond motifs is 2. The van der Waals surface area contributed by atoms with Gasteiger partial charge in [-0.1, -0.05) is 43.0 Å². The summed E-state index contributed by atoms with van der Waals surface area (Å²) in [7, 11) is 0. The zero-order chi connectivity index (χ0) is 30.1. The normalized spacial score (nSPS) is 17.4. The Morgan fingerprint density at radius 3 is 2.42 bits per heavy atom. The topological polar surface area (TPSA) is 91.7 Å². The van der Waals surface area contributed by atoms with Crippen molar-refractivity contribution in [3.05, 3.63) is 107 Å². The first kappa shape index (κ1) is 28.2. The highest BCUT2D eigenvalue weighted by Gasteiger charge is 2.25. The Labute approximate surface area is 250 Å². The molecule has 6 rings (SSSR count). The average molecular weight is 576 g/mol. The summed E-state index contributed by atoms with van der Waals surface area (Å²) in [5.41, 5.74) is 7.13. The number of esters is 2. The molecule has 7 nitrogen and oxygen atoms in total. The van der Waals surface area contributed by atoms with E-state index in [4.69, 9.17) is 13.9 Å². The monoisotopic (exact) mass is 575 g/mol. The second kappa shape index (κ2) is 11.8. The lowest BCUT2D eigenvalue weighted by Crippen LogP contribution is -2.83. The van der Waals surface area contributed by atoms with Crippen LogP contribution in [0.1, 0.15) is 41.3 Å². The summed E-state index contributed by atoms with van der Waals surface area (Å²) in [4.78, 5) is 28.7. The number of hydrogen-bond acceptors (Lipinski definition) is 6. The molecule has 7 heteroatoms. The summed E-state index contributed by atoms with van der Waals surface area (Å²) in [5, 5.41) is 5.51. The number of carbonyl (C=O) groups is 2. The second-order valence-corrected chi connectivity index (χ2v) is 11.2. The molecule has 2 unspecified atom stereocenters. The first-order valence-corrected chi connectivity index (χ1v) is 14.6. The smallest absolute Gasteiger partial charge is 0.338 e. The van der Waals surface area contributed by atoms with Gasteiger partial charge >= 0.3 is 11.9 Å². The van der Waals surface area contributed by atoms with E-state index in [1.807, 2.05) is 18.2 Å². The molecular weight excluding hydrogens is 540 g/mol. The molecule has 2 aromatic carbocycles. The van der Waals surface area contributed by atoms with Crippen molar-refractivity contribution in [3.8, 4) is 22.5 Å². The minimum Gasteiger partial charge on any atom is -0.459 e. The highest BCUT2D eigenvalue weighted by atomic mass is 16.6. The molecule has 0 fully saturated rings. The van der Waals surface area contributed by atoms with Crippen LogP contribution in [0.15, 0.2) is 89.4 Å². The predicted octanol–water partition coefficient (Wildman–Crippen LogP) is 5.15. The summed E-state index contributed by atoms with van der Waals surface area (Å²) < 4.78 is 17.3. The Bertz CT molecular complexity index is 1860. The summed E-state index contributed by atoms with van der Waals surface area (Å²) >= 11 is 0. The van der Waals surface area contributed by atoms with Crippen molar-refractivity contribution in [2.24, 2.45) is 0 Å². The SMILES string of the molecule is C=C(C)C(=O)OCCOC(=O)c1ccccc1-c1c2cc(C)c(=[NH+]C3C=CC3)cc-2oc2cc(NC3C=CC3)c(C)cc12. The Morgan fingerprint density at radius 2 is 1.72 bits per heavy atom. The van der Waals surface area contributed by atoms with Crippen LogP contribution >= 0.6 is 0 Å². The molecule has 1 heterocycles. The molecule has 4 aliphatic rings. The third kappa shape index (κ3) is 5.75. The van der Waals surface area contributed by atoms with Crippen molar-refractivity contribution in [2.45, 2.75) is 45.7 Å². The highest BCUT2D eigenvalue weighted by Crippen LogP contribution is 2.43. The van der Waals surface area contributed by atoms with E-state index in [9.17, 15) is 9.59 Å². The molecule has 1 aliphatic heterocycles. The number of benzene rings is 3. The molecule has 0 saturated carbocycles. The van der Waals surface area contributed by atoms with Gasteiger partial charge in [0.15, 0.2) is 6.04 Å². The molecule has 0 aromatic heterocycles. The largest absolute Gasteiger partial charge is 0.459 e. The second-order valence-electron chi connectivity index (χ2n) is 11.2. The standard InChI is InChI=1S/C36H34N2O5/c1-21(2)35(39)41-15-16-42-36(40)27-14-6-5-13-26(27)34-28-17-22(3)30(37-24-9-7-10-24)19-32(28)43-33-20-31(23(4)18-29(33)34)38-25-11-8-12-25/h5-9,11,13-14,17-20,24-25,37H,1,10,12,15-16H2,2-4H3/p+1.